The van der Waals surface area contributed by atoms with Gasteiger partial charge in [0.2, 0.25) is 0 Å². The number of carbonyl (C=O) groups excluding carboxylic acids is 4. The van der Waals surface area contributed by atoms with Crippen molar-refractivity contribution in [2.24, 2.45) is 0 Å². The van der Waals surface area contributed by atoms with E-state index in [9.17, 15) is 43.2 Å². The van der Waals surface area contributed by atoms with Crippen molar-refractivity contribution in [3.05, 3.63) is 0 Å². The first-order valence-electron chi connectivity index (χ1n) is 38.8. The van der Waals surface area contributed by atoms with Crippen molar-refractivity contribution in [2.75, 3.05) is 39.6 Å². The molecule has 552 valence electrons. The monoisotopic (exact) mass is 1370 g/mol. The van der Waals surface area contributed by atoms with Crippen molar-refractivity contribution in [1.29, 1.82) is 0 Å². The van der Waals surface area contributed by atoms with Crippen LogP contribution in [0.5, 0.6) is 0 Å². The molecule has 0 heterocycles. The molecule has 19 heteroatoms. The quantitative estimate of drug-likeness (QED) is 0.0222. The highest BCUT2D eigenvalue weighted by Gasteiger charge is 2.30. The highest BCUT2D eigenvalue weighted by atomic mass is 31.2. The SMILES string of the molecule is CCCCCCCCCCCCCCCCCCCCCC(=O)O[C@H](COC(=O)CCCCCCCCCCCCCCC)COP(=O)(O)OC[C@@H](O)COP(=O)(O)OC[C@@H](COC(=O)CCCCCCCCCC)OC(=O)CCCCCCCCCCCCCCC. The molecule has 17 nitrogen and oxygen atoms in total. The van der Waals surface area contributed by atoms with Crippen LogP contribution in [0.2, 0.25) is 0 Å². The van der Waals surface area contributed by atoms with E-state index in [0.29, 0.717) is 25.7 Å². The summed E-state index contributed by atoms with van der Waals surface area (Å²) in [6, 6.07) is 0. The number of esters is 4. The molecule has 3 N–H and O–H groups in total. The largest absolute Gasteiger partial charge is 0.472 e. The summed E-state index contributed by atoms with van der Waals surface area (Å²) in [6.07, 6.45) is 58.2. The van der Waals surface area contributed by atoms with Gasteiger partial charge in [0.15, 0.2) is 12.2 Å². The van der Waals surface area contributed by atoms with Crippen LogP contribution < -0.4 is 0 Å². The van der Waals surface area contributed by atoms with E-state index in [-0.39, 0.29) is 25.7 Å². The summed E-state index contributed by atoms with van der Waals surface area (Å²) in [4.78, 5) is 72.6. The van der Waals surface area contributed by atoms with Gasteiger partial charge in [-0.15, -0.1) is 0 Å². The van der Waals surface area contributed by atoms with E-state index in [1.807, 2.05) is 0 Å². The molecule has 0 spiro atoms. The first-order chi connectivity index (χ1) is 45.2. The summed E-state index contributed by atoms with van der Waals surface area (Å²) in [5.41, 5.74) is 0. The number of hydrogen-bond acceptors (Lipinski definition) is 15. The molecule has 2 unspecified atom stereocenters. The summed E-state index contributed by atoms with van der Waals surface area (Å²) in [5.74, 6) is -2.12. The highest BCUT2D eigenvalue weighted by molar-refractivity contribution is 7.47. The van der Waals surface area contributed by atoms with Crippen molar-refractivity contribution in [3.63, 3.8) is 0 Å². The molecule has 0 aliphatic heterocycles. The Bertz CT molecular complexity index is 1770. The molecule has 93 heavy (non-hydrogen) atoms. The van der Waals surface area contributed by atoms with Gasteiger partial charge in [-0.05, 0) is 25.7 Å². The van der Waals surface area contributed by atoms with E-state index in [1.165, 1.54) is 225 Å². The lowest BCUT2D eigenvalue weighted by molar-refractivity contribution is -0.161. The number of hydrogen-bond donors (Lipinski definition) is 3. The van der Waals surface area contributed by atoms with E-state index in [0.717, 1.165) is 89.9 Å². The Morgan fingerprint density at radius 1 is 0.258 bits per heavy atom. The molecule has 0 rings (SSSR count). The van der Waals surface area contributed by atoms with E-state index >= 15 is 0 Å². The van der Waals surface area contributed by atoms with Crippen LogP contribution in [0, 0.1) is 0 Å². The zero-order valence-electron chi connectivity index (χ0n) is 60.2. The lowest BCUT2D eigenvalue weighted by Crippen LogP contribution is -2.30. The lowest BCUT2D eigenvalue weighted by atomic mass is 10.0. The minimum absolute atomic E-state index is 0.108. The smallest absolute Gasteiger partial charge is 0.462 e. The van der Waals surface area contributed by atoms with Gasteiger partial charge in [0.1, 0.15) is 19.3 Å². The molecule has 0 aromatic carbocycles. The number of phosphoric ester groups is 2. The van der Waals surface area contributed by atoms with E-state index in [2.05, 4.69) is 27.7 Å². The van der Waals surface area contributed by atoms with Crippen LogP contribution in [0.4, 0.5) is 0 Å². The van der Waals surface area contributed by atoms with Gasteiger partial charge in [-0.3, -0.25) is 37.3 Å². The maximum absolute atomic E-state index is 13.1. The van der Waals surface area contributed by atoms with Crippen LogP contribution in [0.15, 0.2) is 0 Å². The van der Waals surface area contributed by atoms with Gasteiger partial charge in [0.25, 0.3) is 0 Å². The second-order valence-corrected chi connectivity index (χ2v) is 29.6. The molecule has 0 amide bonds. The van der Waals surface area contributed by atoms with Crippen molar-refractivity contribution in [3.8, 4) is 0 Å². The fourth-order valence-corrected chi connectivity index (χ4v) is 13.0. The average molecular weight is 1370 g/mol. The normalized spacial score (nSPS) is 13.9. The van der Waals surface area contributed by atoms with Gasteiger partial charge >= 0.3 is 39.5 Å². The maximum Gasteiger partial charge on any atom is 0.472 e. The fraction of sp³-hybridized carbons (Fsp3) is 0.946. The third kappa shape index (κ3) is 68.4. The van der Waals surface area contributed by atoms with Crippen LogP contribution >= 0.6 is 15.6 Å². The first-order valence-corrected chi connectivity index (χ1v) is 41.8. The van der Waals surface area contributed by atoms with Gasteiger partial charge in [0, 0.05) is 25.7 Å². The minimum Gasteiger partial charge on any atom is -0.462 e. The second-order valence-electron chi connectivity index (χ2n) is 26.7. The van der Waals surface area contributed by atoms with Crippen molar-refractivity contribution in [2.45, 2.75) is 412 Å². The number of unbranched alkanes of at least 4 members (excludes halogenated alkanes) is 49. The van der Waals surface area contributed by atoms with Crippen LogP contribution in [0.1, 0.15) is 394 Å². The van der Waals surface area contributed by atoms with Crippen molar-refractivity contribution < 1.29 is 80.2 Å². The number of carbonyl (C=O) groups is 4. The molecular formula is C74H144O17P2. The third-order valence-corrected chi connectivity index (χ3v) is 19.3. The molecule has 0 radical (unpaired) electrons. The van der Waals surface area contributed by atoms with Gasteiger partial charge in [-0.1, -0.05) is 342 Å². The van der Waals surface area contributed by atoms with Crippen LogP contribution in [0.25, 0.3) is 0 Å². The van der Waals surface area contributed by atoms with Gasteiger partial charge < -0.3 is 33.8 Å². The Balaban J connectivity index is 5.19. The summed E-state index contributed by atoms with van der Waals surface area (Å²) >= 11 is 0. The van der Waals surface area contributed by atoms with Crippen molar-refractivity contribution >= 4 is 39.5 Å². The molecular weight excluding hydrogens is 1220 g/mol. The molecule has 0 aliphatic rings. The van der Waals surface area contributed by atoms with Gasteiger partial charge in [-0.2, -0.15) is 0 Å². The molecule has 0 aromatic rings. The Morgan fingerprint density at radius 2 is 0.430 bits per heavy atom. The number of aliphatic hydroxyl groups is 1. The predicted octanol–water partition coefficient (Wildman–Crippen LogP) is 21.8. The van der Waals surface area contributed by atoms with Crippen molar-refractivity contribution in [1.82, 2.24) is 0 Å². The van der Waals surface area contributed by atoms with Gasteiger partial charge in [0.05, 0.1) is 26.4 Å². The molecule has 0 aromatic heterocycles. The Labute approximate surface area is 568 Å². The Kier molecular flexibility index (Phi) is 67.1. The summed E-state index contributed by atoms with van der Waals surface area (Å²) in [5, 5.41) is 10.6. The number of aliphatic hydroxyl groups excluding tert-OH is 1. The summed E-state index contributed by atoms with van der Waals surface area (Å²) in [6.45, 7) is 4.95. The first kappa shape index (κ1) is 91.1. The maximum atomic E-state index is 13.1. The zero-order valence-corrected chi connectivity index (χ0v) is 62.0. The average Bonchev–Trinajstić information content (AvgIpc) is 2.99. The fourth-order valence-electron chi connectivity index (χ4n) is 11.4. The molecule has 0 bridgehead atoms. The van der Waals surface area contributed by atoms with Gasteiger partial charge in [-0.25, -0.2) is 9.13 Å². The highest BCUT2D eigenvalue weighted by Crippen LogP contribution is 2.45. The van der Waals surface area contributed by atoms with E-state index in [1.54, 1.807) is 0 Å². The lowest BCUT2D eigenvalue weighted by Gasteiger charge is -2.21. The topological polar surface area (TPSA) is 237 Å². The molecule has 0 aliphatic carbocycles. The van der Waals surface area contributed by atoms with E-state index in [4.69, 9.17) is 37.0 Å². The molecule has 0 saturated carbocycles. The number of ether oxygens (including phenoxy) is 4. The summed E-state index contributed by atoms with van der Waals surface area (Å²) in [7, 11) is -9.90. The van der Waals surface area contributed by atoms with Crippen LogP contribution in [-0.2, 0) is 65.4 Å². The molecule has 0 fully saturated rings. The Hall–Kier alpha value is -1.94. The Morgan fingerprint density at radius 3 is 0.634 bits per heavy atom. The minimum atomic E-state index is -4.95. The van der Waals surface area contributed by atoms with Crippen LogP contribution in [-0.4, -0.2) is 96.7 Å². The number of phosphoric acid groups is 2. The molecule has 5 atom stereocenters. The third-order valence-electron chi connectivity index (χ3n) is 17.4. The summed E-state index contributed by atoms with van der Waals surface area (Å²) < 4.78 is 68.4. The van der Waals surface area contributed by atoms with E-state index < -0.39 is 97.5 Å². The zero-order chi connectivity index (χ0) is 68.2. The molecule has 0 saturated heterocycles. The second kappa shape index (κ2) is 68.6. The predicted molar refractivity (Wildman–Crippen MR) is 377 cm³/mol. The van der Waals surface area contributed by atoms with Crippen LogP contribution in [0.3, 0.4) is 0 Å². The number of rotatable bonds is 75. The standard InChI is InChI=1S/C74H144O17P2/c1-5-9-13-17-21-25-28-31-32-33-34-35-36-39-42-45-49-53-57-61-74(79)91-70(65-85-72(77)59-55-51-47-43-40-37-29-26-22-18-14-10-6-2)67-89-93(82,83)87-63-68(75)62-86-92(80,81)88-66-69(64-84-71(76)58-54-50-46-24-20-16-12-8-4)90-73(78)60-56-52-48-44-41-38-30-27-23-19-15-11-7-3/h68-70,75H,5-67H2,1-4H3,(H,80,81)(H,82,83)/t68-,69+,70+/m0/s1.